The van der Waals surface area contributed by atoms with Crippen molar-refractivity contribution in [1.82, 2.24) is 14.0 Å². The molecule has 0 N–H and O–H groups in total. The van der Waals surface area contributed by atoms with Gasteiger partial charge >= 0.3 is 5.69 Å². The third-order valence-electron chi connectivity index (χ3n) is 4.84. The van der Waals surface area contributed by atoms with E-state index in [1.165, 1.54) is 19.9 Å². The van der Waals surface area contributed by atoms with Gasteiger partial charge in [-0.1, -0.05) is 12.8 Å². The minimum absolute atomic E-state index is 0.235. The second kappa shape index (κ2) is 5.77. The van der Waals surface area contributed by atoms with Gasteiger partial charge in [-0.05, 0) is 12.8 Å². The second-order valence-electron chi connectivity index (χ2n) is 6.11. The van der Waals surface area contributed by atoms with E-state index in [1.807, 2.05) is 0 Å². The molecule has 0 spiro atoms. The van der Waals surface area contributed by atoms with Crippen LogP contribution in [-0.4, -0.2) is 39.3 Å². The fourth-order valence-corrected chi connectivity index (χ4v) is 3.51. The Morgan fingerprint density at radius 2 is 1.95 bits per heavy atom. The quantitative estimate of drug-likeness (QED) is 0.783. The summed E-state index contributed by atoms with van der Waals surface area (Å²) in [6.07, 6.45) is 5.05. The van der Waals surface area contributed by atoms with Crippen molar-refractivity contribution in [2.45, 2.75) is 44.4 Å². The first-order valence-corrected chi connectivity index (χ1v) is 7.69. The summed E-state index contributed by atoms with van der Waals surface area (Å²) in [5.74, 6) is 0. The van der Waals surface area contributed by atoms with Gasteiger partial charge in [0.25, 0.3) is 5.56 Å². The van der Waals surface area contributed by atoms with Crippen molar-refractivity contribution in [2.24, 2.45) is 14.1 Å². The summed E-state index contributed by atoms with van der Waals surface area (Å²) in [6, 6.07) is 2.00. The molecule has 0 amide bonds. The molecule has 0 aromatic carbocycles. The van der Waals surface area contributed by atoms with Crippen molar-refractivity contribution >= 4 is 0 Å². The summed E-state index contributed by atoms with van der Waals surface area (Å²) < 4.78 is 8.59. The zero-order chi connectivity index (χ0) is 15.0. The van der Waals surface area contributed by atoms with Crippen molar-refractivity contribution in [3.8, 4) is 0 Å². The minimum Gasteiger partial charge on any atom is -0.375 e. The van der Waals surface area contributed by atoms with Crippen LogP contribution in [0.4, 0.5) is 0 Å². The van der Waals surface area contributed by atoms with Gasteiger partial charge < -0.3 is 4.74 Å². The molecule has 1 saturated carbocycles. The summed E-state index contributed by atoms with van der Waals surface area (Å²) in [7, 11) is 3.25. The Morgan fingerprint density at radius 1 is 1.19 bits per heavy atom. The Kier molecular flexibility index (Phi) is 3.99. The smallest absolute Gasteiger partial charge is 0.330 e. The molecule has 0 radical (unpaired) electrons. The molecule has 0 unspecified atom stereocenters. The molecular formula is C15H23N3O3. The van der Waals surface area contributed by atoms with Crippen LogP contribution in [0.3, 0.4) is 0 Å². The maximum absolute atomic E-state index is 12.0. The van der Waals surface area contributed by atoms with E-state index in [4.69, 9.17) is 4.74 Å². The summed E-state index contributed by atoms with van der Waals surface area (Å²) in [5.41, 5.74) is 0.293. The van der Waals surface area contributed by atoms with Crippen LogP contribution in [0.1, 0.15) is 31.4 Å². The van der Waals surface area contributed by atoms with Gasteiger partial charge in [-0.25, -0.2) is 4.79 Å². The number of ether oxygens (including phenoxy) is 1. The van der Waals surface area contributed by atoms with Crippen LogP contribution >= 0.6 is 0 Å². The summed E-state index contributed by atoms with van der Waals surface area (Å²) >= 11 is 0. The van der Waals surface area contributed by atoms with E-state index < -0.39 is 0 Å². The Morgan fingerprint density at radius 3 is 2.76 bits per heavy atom. The maximum Gasteiger partial charge on any atom is 0.330 e. The molecule has 0 bridgehead atoms. The number of fused-ring (bicyclic) bond motifs is 1. The summed E-state index contributed by atoms with van der Waals surface area (Å²) in [4.78, 5) is 26.2. The van der Waals surface area contributed by atoms with E-state index >= 15 is 0 Å². The highest BCUT2D eigenvalue weighted by atomic mass is 16.5. The van der Waals surface area contributed by atoms with E-state index in [-0.39, 0.29) is 11.2 Å². The van der Waals surface area contributed by atoms with Gasteiger partial charge in [0, 0.05) is 45.0 Å². The highest BCUT2D eigenvalue weighted by Crippen LogP contribution is 2.29. The number of aromatic nitrogens is 2. The molecule has 6 heteroatoms. The molecule has 1 saturated heterocycles. The lowest BCUT2D eigenvalue weighted by Crippen LogP contribution is -2.52. The topological polar surface area (TPSA) is 56.5 Å². The van der Waals surface area contributed by atoms with Crippen LogP contribution in [0.5, 0.6) is 0 Å². The van der Waals surface area contributed by atoms with Crippen LogP contribution in [0.2, 0.25) is 0 Å². The van der Waals surface area contributed by atoms with Gasteiger partial charge in [0.15, 0.2) is 0 Å². The highest BCUT2D eigenvalue weighted by molar-refractivity contribution is 5.03. The average Bonchev–Trinajstić information content (AvgIpc) is 2.51. The fourth-order valence-electron chi connectivity index (χ4n) is 3.51. The Bertz CT molecular complexity index is 632. The number of rotatable bonds is 2. The van der Waals surface area contributed by atoms with Crippen LogP contribution in [0.15, 0.2) is 15.7 Å². The number of hydrogen-bond donors (Lipinski definition) is 0. The van der Waals surface area contributed by atoms with E-state index in [9.17, 15) is 9.59 Å². The first-order valence-electron chi connectivity index (χ1n) is 7.69. The lowest BCUT2D eigenvalue weighted by Gasteiger charge is -2.43. The van der Waals surface area contributed by atoms with Crippen molar-refractivity contribution in [2.75, 3.05) is 13.2 Å². The van der Waals surface area contributed by atoms with E-state index in [0.29, 0.717) is 18.7 Å². The third-order valence-corrected chi connectivity index (χ3v) is 4.84. The van der Waals surface area contributed by atoms with Gasteiger partial charge in [-0.15, -0.1) is 0 Å². The number of morpholine rings is 1. The van der Waals surface area contributed by atoms with E-state index in [1.54, 1.807) is 17.7 Å². The van der Waals surface area contributed by atoms with Crippen molar-refractivity contribution in [3.63, 3.8) is 0 Å². The molecule has 2 heterocycles. The predicted octanol–water partition coefficient (Wildman–Crippen LogP) is 0.227. The molecular weight excluding hydrogens is 270 g/mol. The second-order valence-corrected chi connectivity index (χ2v) is 6.11. The molecule has 1 aliphatic carbocycles. The summed E-state index contributed by atoms with van der Waals surface area (Å²) in [5, 5.41) is 0. The average molecular weight is 293 g/mol. The predicted molar refractivity (Wildman–Crippen MR) is 79.3 cm³/mol. The van der Waals surface area contributed by atoms with Gasteiger partial charge in [-0.2, -0.15) is 0 Å². The minimum atomic E-state index is -0.258. The largest absolute Gasteiger partial charge is 0.375 e. The lowest BCUT2D eigenvalue weighted by atomic mass is 9.90. The molecule has 6 nitrogen and oxygen atoms in total. The Balaban J connectivity index is 1.86. The number of hydrogen-bond acceptors (Lipinski definition) is 4. The van der Waals surface area contributed by atoms with Gasteiger partial charge in [0.2, 0.25) is 0 Å². The first kappa shape index (κ1) is 14.5. The van der Waals surface area contributed by atoms with Crippen LogP contribution in [0, 0.1) is 0 Å². The SMILES string of the molecule is Cn1c(CN2CCO[C@H]3CCCC[C@H]32)cc(=O)n(C)c1=O. The van der Waals surface area contributed by atoms with Crippen LogP contribution in [0.25, 0.3) is 0 Å². The van der Waals surface area contributed by atoms with E-state index in [2.05, 4.69) is 4.90 Å². The highest BCUT2D eigenvalue weighted by Gasteiger charge is 2.34. The molecule has 3 rings (SSSR count). The van der Waals surface area contributed by atoms with Gasteiger partial charge in [0.1, 0.15) is 0 Å². The molecule has 1 aliphatic heterocycles. The zero-order valence-electron chi connectivity index (χ0n) is 12.7. The number of nitrogens with zero attached hydrogens (tertiary/aromatic N) is 3. The van der Waals surface area contributed by atoms with Crippen LogP contribution < -0.4 is 11.2 Å². The van der Waals surface area contributed by atoms with Gasteiger partial charge in [0.05, 0.1) is 12.7 Å². The van der Waals surface area contributed by atoms with Gasteiger partial charge in [-0.3, -0.25) is 18.8 Å². The fraction of sp³-hybridized carbons (Fsp3) is 0.733. The van der Waals surface area contributed by atoms with Crippen molar-refractivity contribution < 1.29 is 4.74 Å². The summed E-state index contributed by atoms with van der Waals surface area (Å²) in [6.45, 7) is 2.25. The third kappa shape index (κ3) is 2.70. The molecule has 2 atom stereocenters. The monoisotopic (exact) mass is 293 g/mol. The molecule has 21 heavy (non-hydrogen) atoms. The zero-order valence-corrected chi connectivity index (χ0v) is 12.7. The lowest BCUT2D eigenvalue weighted by molar-refractivity contribution is -0.0917. The van der Waals surface area contributed by atoms with Crippen LogP contribution in [-0.2, 0) is 25.4 Å². The standard InChI is InChI=1S/C15H23N3O3/c1-16-11(9-14(19)17(2)15(16)20)10-18-7-8-21-13-6-4-3-5-12(13)18/h9,12-13H,3-8,10H2,1-2H3/t12-,13+/m1/s1. The van der Waals surface area contributed by atoms with Crippen molar-refractivity contribution in [1.29, 1.82) is 0 Å². The van der Waals surface area contributed by atoms with E-state index in [0.717, 1.165) is 36.3 Å². The molecule has 2 aliphatic rings. The Labute approximate surface area is 123 Å². The molecule has 2 fully saturated rings. The normalized spacial score (nSPS) is 26.6. The molecule has 116 valence electrons. The molecule has 1 aromatic heterocycles. The maximum atomic E-state index is 12.0. The Hall–Kier alpha value is -1.40. The van der Waals surface area contributed by atoms with Crippen molar-refractivity contribution in [3.05, 3.63) is 32.6 Å². The first-order chi connectivity index (χ1) is 10.1. The molecule has 1 aromatic rings.